The third kappa shape index (κ3) is 18.1. The number of hydrogen-bond acceptors (Lipinski definition) is 10. The monoisotopic (exact) mass is 1100 g/mol. The first-order valence-electron chi connectivity index (χ1n) is 17.5. The highest BCUT2D eigenvalue weighted by atomic mass is 127. The fourth-order valence-corrected chi connectivity index (χ4v) is 6.71. The number of nitro groups is 3. The second-order valence-electron chi connectivity index (χ2n) is 11.9. The molecule has 0 amide bonds. The van der Waals surface area contributed by atoms with Gasteiger partial charge in [0.05, 0.1) is 14.8 Å². The van der Waals surface area contributed by atoms with E-state index in [0.717, 1.165) is 67.3 Å². The van der Waals surface area contributed by atoms with Crippen LogP contribution in [0.15, 0.2) is 91.0 Å². The number of nitrogens with zero attached hydrogens (tertiary/aromatic N) is 3. The zero-order valence-electron chi connectivity index (χ0n) is 31.9. The van der Waals surface area contributed by atoms with E-state index in [0.29, 0.717) is 0 Å². The molecule has 0 aliphatic carbocycles. The number of hydrogen-bond donors (Lipinski definition) is 4. The molecule has 300 valence electrons. The highest BCUT2D eigenvalue weighted by Gasteiger charge is 2.15. The van der Waals surface area contributed by atoms with E-state index in [-0.39, 0.29) is 33.4 Å². The Hall–Kier alpha value is -4.31. The Labute approximate surface area is 368 Å². The number of rotatable bonds is 8. The standard InChI is InChI=1S/C8H9IN2O2.C8H8INO2.C8H10IN.C8H10N2O2.C8H11N/c1-2-5-3-6(9)8(10)7(4-5)11(12)13;1-2-6-3-7(9)5-8(4-6)10(11)12;1-2-6-3-7(9)5-8(10)4-6;1-2-6-3-4-7(9)8(5-6)10(11)12;1-2-7-3-5-8(9)6-4-7/h3-4H,2,10H2,1H3;3-5H,2H2,1H3;3-5H,2,10H2,1H3;3-5H,2,9H2,1H3;3-6H,2,9H2,1H3. The Morgan fingerprint density at radius 1 is 0.464 bits per heavy atom. The molecule has 13 nitrogen and oxygen atoms in total. The molecule has 8 N–H and O–H groups in total. The summed E-state index contributed by atoms with van der Waals surface area (Å²) >= 11 is 6.36. The third-order valence-corrected chi connectivity index (χ3v) is 9.95. The molecular formula is C40H48I3N7O6. The molecule has 0 aliphatic heterocycles. The molecule has 0 aliphatic rings. The summed E-state index contributed by atoms with van der Waals surface area (Å²) in [7, 11) is 0. The third-order valence-electron chi connectivity index (χ3n) is 7.81. The molecule has 0 bridgehead atoms. The van der Waals surface area contributed by atoms with Gasteiger partial charge >= 0.3 is 0 Å². The fraction of sp³-hybridized carbons (Fsp3) is 0.250. The predicted molar refractivity (Wildman–Crippen MR) is 255 cm³/mol. The number of benzene rings is 5. The van der Waals surface area contributed by atoms with Gasteiger partial charge in [-0.3, -0.25) is 30.3 Å². The molecule has 5 aromatic carbocycles. The van der Waals surface area contributed by atoms with Crippen LogP contribution in [-0.4, -0.2) is 14.8 Å². The molecule has 5 rings (SSSR count). The van der Waals surface area contributed by atoms with Crippen LogP contribution in [0.3, 0.4) is 0 Å². The second kappa shape index (κ2) is 25.8. The summed E-state index contributed by atoms with van der Waals surface area (Å²) in [5, 5.41) is 31.4. The van der Waals surface area contributed by atoms with Crippen molar-refractivity contribution >= 4 is 108 Å². The Bertz CT molecular complexity index is 2050. The molecule has 0 unspecified atom stereocenters. The van der Waals surface area contributed by atoms with E-state index in [2.05, 4.69) is 77.2 Å². The average Bonchev–Trinajstić information content (AvgIpc) is 3.16. The number of nitrogen functional groups attached to an aromatic ring is 4. The molecule has 0 spiro atoms. The maximum Gasteiger partial charge on any atom is 0.293 e. The summed E-state index contributed by atoms with van der Waals surface area (Å²) < 4.78 is 2.87. The Morgan fingerprint density at radius 3 is 1.38 bits per heavy atom. The number of anilines is 4. The minimum Gasteiger partial charge on any atom is -0.399 e. The van der Waals surface area contributed by atoms with Gasteiger partial charge in [-0.2, -0.15) is 0 Å². The van der Waals surface area contributed by atoms with E-state index < -0.39 is 9.85 Å². The first kappa shape index (κ1) is 49.7. The van der Waals surface area contributed by atoms with E-state index in [4.69, 9.17) is 22.9 Å². The predicted octanol–water partition coefficient (Wildman–Crippen LogP) is 11.1. The first-order chi connectivity index (χ1) is 26.4. The maximum absolute atomic E-state index is 10.6. The zero-order chi connectivity index (χ0) is 42.5. The molecule has 0 atom stereocenters. The summed E-state index contributed by atoms with van der Waals surface area (Å²) in [6, 6.07) is 27.5. The van der Waals surface area contributed by atoms with Gasteiger partial charge in [0.25, 0.3) is 17.1 Å². The number of non-ortho nitro benzene ring substituents is 1. The minimum absolute atomic E-state index is 0.00347. The van der Waals surface area contributed by atoms with Gasteiger partial charge in [-0.15, -0.1) is 0 Å². The Morgan fingerprint density at radius 2 is 0.911 bits per heavy atom. The van der Waals surface area contributed by atoms with Crippen LogP contribution in [0.25, 0.3) is 0 Å². The highest BCUT2D eigenvalue weighted by Crippen LogP contribution is 2.28. The molecule has 0 aromatic heterocycles. The van der Waals surface area contributed by atoms with Crippen molar-refractivity contribution in [1.29, 1.82) is 0 Å². The fourth-order valence-electron chi connectivity index (χ4n) is 4.56. The quantitative estimate of drug-likeness (QED) is 0.0496. The maximum atomic E-state index is 10.6. The van der Waals surface area contributed by atoms with Crippen LogP contribution in [0.2, 0.25) is 0 Å². The molecule has 16 heteroatoms. The molecule has 0 radical (unpaired) electrons. The summed E-state index contributed by atoms with van der Waals surface area (Å²) in [5.74, 6) is 0. The van der Waals surface area contributed by atoms with Gasteiger partial charge in [0.15, 0.2) is 0 Å². The van der Waals surface area contributed by atoms with Crippen LogP contribution in [0.1, 0.15) is 62.4 Å². The van der Waals surface area contributed by atoms with E-state index in [1.165, 1.54) is 26.8 Å². The summed E-state index contributed by atoms with van der Waals surface area (Å²) in [5.41, 5.74) is 29.9. The largest absolute Gasteiger partial charge is 0.399 e. The summed E-state index contributed by atoms with van der Waals surface area (Å²) in [6.07, 6.45) is 4.53. The van der Waals surface area contributed by atoms with Crippen LogP contribution in [0, 0.1) is 41.1 Å². The molecule has 56 heavy (non-hydrogen) atoms. The summed E-state index contributed by atoms with van der Waals surface area (Å²) in [4.78, 5) is 30.1. The Kier molecular flexibility index (Phi) is 22.9. The van der Waals surface area contributed by atoms with Crippen molar-refractivity contribution in [2.24, 2.45) is 0 Å². The minimum atomic E-state index is -0.464. The van der Waals surface area contributed by atoms with Crippen molar-refractivity contribution in [3.8, 4) is 0 Å². The van der Waals surface area contributed by atoms with Gasteiger partial charge < -0.3 is 22.9 Å². The lowest BCUT2D eigenvalue weighted by molar-refractivity contribution is -0.385. The van der Waals surface area contributed by atoms with Crippen LogP contribution < -0.4 is 22.9 Å². The SMILES string of the molecule is CCc1cc(I)c(N)c([N+](=O)[O-])c1.CCc1cc(I)cc([N+](=O)[O-])c1.CCc1cc(N)cc(I)c1.CCc1ccc(N)c([N+](=O)[O-])c1.CCc1ccc(N)cc1. The number of nitrogens with two attached hydrogens (primary N) is 4. The number of aryl methyl sites for hydroxylation is 5. The molecule has 0 fully saturated rings. The van der Waals surface area contributed by atoms with Crippen LogP contribution >= 0.6 is 67.8 Å². The van der Waals surface area contributed by atoms with Gasteiger partial charge in [-0.1, -0.05) is 52.8 Å². The normalized spacial score (nSPS) is 9.79. The highest BCUT2D eigenvalue weighted by molar-refractivity contribution is 14.1. The number of halogens is 3. The summed E-state index contributed by atoms with van der Waals surface area (Å²) in [6.45, 7) is 10.1. The first-order valence-corrected chi connectivity index (χ1v) is 20.7. The lowest BCUT2D eigenvalue weighted by atomic mass is 10.1. The van der Waals surface area contributed by atoms with Crippen molar-refractivity contribution in [3.05, 3.63) is 160 Å². The van der Waals surface area contributed by atoms with E-state index in [9.17, 15) is 30.3 Å². The van der Waals surface area contributed by atoms with Crippen molar-refractivity contribution in [3.63, 3.8) is 0 Å². The van der Waals surface area contributed by atoms with E-state index >= 15 is 0 Å². The van der Waals surface area contributed by atoms with Crippen molar-refractivity contribution < 1.29 is 14.8 Å². The van der Waals surface area contributed by atoms with Gasteiger partial charge in [-0.25, -0.2) is 0 Å². The lowest BCUT2D eigenvalue weighted by Gasteiger charge is -2.02. The second-order valence-corrected chi connectivity index (χ2v) is 15.5. The molecule has 0 saturated carbocycles. The van der Waals surface area contributed by atoms with Gasteiger partial charge in [0.1, 0.15) is 11.4 Å². The van der Waals surface area contributed by atoms with Gasteiger partial charge in [0, 0.05) is 46.4 Å². The molecule has 5 aromatic rings. The Balaban J connectivity index is 0.000000352. The van der Waals surface area contributed by atoms with Crippen molar-refractivity contribution in [2.45, 2.75) is 66.7 Å². The van der Waals surface area contributed by atoms with Crippen LogP contribution in [-0.2, 0) is 32.1 Å². The van der Waals surface area contributed by atoms with Crippen molar-refractivity contribution in [2.75, 3.05) is 22.9 Å². The smallest absolute Gasteiger partial charge is 0.293 e. The topological polar surface area (TPSA) is 234 Å². The zero-order valence-corrected chi connectivity index (χ0v) is 38.4. The van der Waals surface area contributed by atoms with Gasteiger partial charge in [-0.05, 0) is 176 Å². The van der Waals surface area contributed by atoms with Crippen LogP contribution in [0.5, 0.6) is 0 Å². The average molecular weight is 1100 g/mol. The molecule has 0 heterocycles. The molecule has 0 saturated heterocycles. The lowest BCUT2D eigenvalue weighted by Crippen LogP contribution is -1.99. The molecular weight excluding hydrogens is 1060 g/mol. The van der Waals surface area contributed by atoms with Crippen molar-refractivity contribution in [1.82, 2.24) is 0 Å². The van der Waals surface area contributed by atoms with Crippen LogP contribution in [0.4, 0.5) is 39.8 Å². The number of nitro benzene ring substituents is 3. The van der Waals surface area contributed by atoms with Gasteiger partial charge in [0.2, 0.25) is 0 Å². The van der Waals surface area contributed by atoms with E-state index in [1.807, 2.05) is 79.8 Å². The van der Waals surface area contributed by atoms with E-state index in [1.54, 1.807) is 24.3 Å².